The molecular weight excluding hydrogens is 404 g/mol. The van der Waals surface area contributed by atoms with Gasteiger partial charge in [-0.3, -0.25) is 4.79 Å². The number of rotatable bonds is 7. The molecule has 0 bridgehead atoms. The standard InChI is InChI=1S/C26H36N2O2S/c1-25(2,3)20-16-19(17-21(23(20)29)26(4,5)6)18-22-24(30)28(14-15-31-22)13-11-9-7-8-10-12-27/h14-18,29H,7-11,13H2,1-6H3. The molecule has 0 unspecified atom stereocenters. The van der Waals surface area contributed by atoms with Gasteiger partial charge in [0.1, 0.15) is 5.75 Å². The van der Waals surface area contributed by atoms with Crippen molar-refractivity contribution in [1.82, 2.24) is 4.90 Å². The van der Waals surface area contributed by atoms with E-state index in [0.717, 1.165) is 42.4 Å². The van der Waals surface area contributed by atoms with Gasteiger partial charge in [0.2, 0.25) is 0 Å². The summed E-state index contributed by atoms with van der Waals surface area (Å²) in [7, 11) is 0. The molecule has 31 heavy (non-hydrogen) atoms. The molecule has 0 radical (unpaired) electrons. The second kappa shape index (κ2) is 10.4. The number of benzene rings is 1. The minimum Gasteiger partial charge on any atom is -0.507 e. The lowest BCUT2D eigenvalue weighted by Gasteiger charge is -2.28. The Labute approximate surface area is 192 Å². The summed E-state index contributed by atoms with van der Waals surface area (Å²) in [5.74, 6) is 0.370. The van der Waals surface area contributed by atoms with Crippen LogP contribution in [0.3, 0.4) is 0 Å². The summed E-state index contributed by atoms with van der Waals surface area (Å²) in [6.45, 7) is 13.2. The Morgan fingerprint density at radius 3 is 2.16 bits per heavy atom. The number of carbonyl (C=O) groups excluding carboxylic acids is 1. The number of thioether (sulfide) groups is 1. The second-order valence-corrected chi connectivity index (χ2v) is 11.1. The van der Waals surface area contributed by atoms with Gasteiger partial charge in [0.25, 0.3) is 5.91 Å². The van der Waals surface area contributed by atoms with E-state index in [1.807, 2.05) is 29.8 Å². The molecule has 1 aliphatic rings. The Balaban J connectivity index is 2.25. The molecule has 0 saturated carbocycles. The first-order valence-corrected chi connectivity index (χ1v) is 11.9. The fourth-order valence-corrected chi connectivity index (χ4v) is 4.36. The zero-order chi connectivity index (χ0) is 23.2. The molecule has 1 aromatic rings. The van der Waals surface area contributed by atoms with Crippen molar-refractivity contribution >= 4 is 23.7 Å². The highest BCUT2D eigenvalue weighted by atomic mass is 32.2. The Morgan fingerprint density at radius 1 is 1.03 bits per heavy atom. The zero-order valence-electron chi connectivity index (χ0n) is 19.8. The van der Waals surface area contributed by atoms with Crippen LogP contribution in [0.2, 0.25) is 0 Å². The fraction of sp³-hybridized carbons (Fsp3) is 0.538. The lowest BCUT2D eigenvalue weighted by Crippen LogP contribution is -2.29. The number of hydrogen-bond acceptors (Lipinski definition) is 4. The van der Waals surface area contributed by atoms with E-state index in [1.54, 1.807) is 4.90 Å². The lowest BCUT2D eigenvalue weighted by atomic mass is 9.78. The van der Waals surface area contributed by atoms with Crippen molar-refractivity contribution in [1.29, 1.82) is 5.26 Å². The third-order valence-electron chi connectivity index (χ3n) is 5.39. The van der Waals surface area contributed by atoms with Crippen LogP contribution >= 0.6 is 11.8 Å². The largest absolute Gasteiger partial charge is 0.507 e. The molecule has 0 spiro atoms. The molecule has 0 aromatic heterocycles. The molecule has 1 heterocycles. The van der Waals surface area contributed by atoms with E-state index in [0.29, 0.717) is 23.6 Å². The number of phenols is 1. The van der Waals surface area contributed by atoms with Crippen molar-refractivity contribution in [2.45, 2.75) is 84.5 Å². The number of nitriles is 1. The van der Waals surface area contributed by atoms with Gasteiger partial charge in [-0.2, -0.15) is 5.26 Å². The quantitative estimate of drug-likeness (QED) is 0.372. The van der Waals surface area contributed by atoms with E-state index in [2.05, 4.69) is 47.6 Å². The minimum absolute atomic E-state index is 0.0206. The third-order valence-corrected chi connectivity index (χ3v) is 6.20. The van der Waals surface area contributed by atoms with E-state index >= 15 is 0 Å². The Hall–Kier alpha value is -2.19. The molecule has 4 nitrogen and oxygen atoms in total. The fourth-order valence-electron chi connectivity index (χ4n) is 3.58. The lowest BCUT2D eigenvalue weighted by molar-refractivity contribution is -0.124. The second-order valence-electron chi connectivity index (χ2n) is 10.2. The van der Waals surface area contributed by atoms with Crippen molar-refractivity contribution in [2.75, 3.05) is 6.54 Å². The first-order chi connectivity index (χ1) is 14.4. The Kier molecular flexibility index (Phi) is 8.42. The number of unbranched alkanes of at least 4 members (excludes halogenated alkanes) is 4. The van der Waals surface area contributed by atoms with Crippen LogP contribution in [0, 0.1) is 11.3 Å². The SMILES string of the molecule is CC(C)(C)c1cc(C=C2SC=CN(CCCCCCC#N)C2=O)cc(C(C)(C)C)c1O. The van der Waals surface area contributed by atoms with Gasteiger partial charge in [0.15, 0.2) is 0 Å². The molecule has 0 aliphatic carbocycles. The highest BCUT2D eigenvalue weighted by Gasteiger charge is 2.27. The van der Waals surface area contributed by atoms with Gasteiger partial charge in [-0.15, -0.1) is 0 Å². The van der Waals surface area contributed by atoms with Crippen LogP contribution < -0.4 is 0 Å². The smallest absolute Gasteiger partial charge is 0.264 e. The summed E-state index contributed by atoms with van der Waals surface area (Å²) in [4.78, 5) is 15.5. The summed E-state index contributed by atoms with van der Waals surface area (Å²) in [6, 6.07) is 6.18. The Bertz CT molecular complexity index is 860. The average Bonchev–Trinajstić information content (AvgIpc) is 2.66. The van der Waals surface area contributed by atoms with E-state index in [-0.39, 0.29) is 16.7 Å². The molecule has 1 aliphatic heterocycles. The summed E-state index contributed by atoms with van der Waals surface area (Å²) < 4.78 is 0. The van der Waals surface area contributed by atoms with Gasteiger partial charge in [-0.1, -0.05) is 66.1 Å². The molecule has 1 aromatic carbocycles. The normalized spacial score (nSPS) is 16.1. The summed E-state index contributed by atoms with van der Waals surface area (Å²) in [5.41, 5.74) is 2.31. The van der Waals surface area contributed by atoms with Crippen molar-refractivity contribution in [2.24, 2.45) is 0 Å². The van der Waals surface area contributed by atoms with E-state index < -0.39 is 0 Å². The molecule has 0 fully saturated rings. The van der Waals surface area contributed by atoms with Crippen LogP contribution in [0.4, 0.5) is 0 Å². The van der Waals surface area contributed by atoms with Crippen LogP contribution in [-0.2, 0) is 15.6 Å². The van der Waals surface area contributed by atoms with Crippen molar-refractivity contribution < 1.29 is 9.90 Å². The molecule has 168 valence electrons. The highest BCUT2D eigenvalue weighted by molar-refractivity contribution is 8.06. The van der Waals surface area contributed by atoms with Gasteiger partial charge in [-0.25, -0.2) is 0 Å². The van der Waals surface area contributed by atoms with Gasteiger partial charge in [-0.05, 0) is 52.9 Å². The summed E-state index contributed by atoms with van der Waals surface area (Å²) >= 11 is 1.44. The zero-order valence-corrected chi connectivity index (χ0v) is 20.6. The van der Waals surface area contributed by atoms with Crippen LogP contribution in [0.25, 0.3) is 6.08 Å². The molecule has 1 amide bonds. The monoisotopic (exact) mass is 440 g/mol. The Morgan fingerprint density at radius 2 is 1.61 bits per heavy atom. The number of amides is 1. The number of carbonyl (C=O) groups is 1. The molecule has 0 atom stereocenters. The first-order valence-electron chi connectivity index (χ1n) is 11.1. The maximum atomic E-state index is 13.0. The third kappa shape index (κ3) is 6.90. The predicted molar refractivity (Wildman–Crippen MR) is 131 cm³/mol. The number of hydrogen-bond donors (Lipinski definition) is 1. The van der Waals surface area contributed by atoms with Crippen LogP contribution in [0.5, 0.6) is 5.75 Å². The van der Waals surface area contributed by atoms with Crippen molar-refractivity contribution in [3.8, 4) is 11.8 Å². The average molecular weight is 441 g/mol. The predicted octanol–water partition coefficient (Wildman–Crippen LogP) is 6.85. The van der Waals surface area contributed by atoms with Gasteiger partial charge in [0.05, 0.1) is 11.0 Å². The van der Waals surface area contributed by atoms with E-state index in [4.69, 9.17) is 5.26 Å². The molecule has 5 heteroatoms. The van der Waals surface area contributed by atoms with Crippen LogP contribution in [0.1, 0.15) is 90.3 Å². The van der Waals surface area contributed by atoms with E-state index in [9.17, 15) is 9.90 Å². The van der Waals surface area contributed by atoms with Crippen LogP contribution in [-0.4, -0.2) is 22.5 Å². The van der Waals surface area contributed by atoms with Gasteiger partial charge in [0, 0.05) is 30.3 Å². The van der Waals surface area contributed by atoms with Gasteiger partial charge < -0.3 is 10.0 Å². The highest BCUT2D eigenvalue weighted by Crippen LogP contribution is 2.40. The minimum atomic E-state index is -0.209. The number of phenolic OH excluding ortho intramolecular Hbond substituents is 1. The molecule has 2 rings (SSSR count). The topological polar surface area (TPSA) is 64.3 Å². The first kappa shape index (κ1) is 25.1. The van der Waals surface area contributed by atoms with Gasteiger partial charge >= 0.3 is 0 Å². The maximum Gasteiger partial charge on any atom is 0.264 e. The molecular formula is C26H36N2O2S. The summed E-state index contributed by atoms with van der Waals surface area (Å²) in [5, 5.41) is 21.5. The van der Waals surface area contributed by atoms with Crippen molar-refractivity contribution in [3.05, 3.63) is 45.3 Å². The van der Waals surface area contributed by atoms with Crippen molar-refractivity contribution in [3.63, 3.8) is 0 Å². The molecule has 1 N–H and O–H groups in total. The summed E-state index contributed by atoms with van der Waals surface area (Å²) in [6.07, 6.45) is 8.31. The maximum absolute atomic E-state index is 13.0. The number of aromatic hydroxyl groups is 1. The van der Waals surface area contributed by atoms with E-state index in [1.165, 1.54) is 11.8 Å². The number of nitrogens with zero attached hydrogens (tertiary/aromatic N) is 2. The molecule has 0 saturated heterocycles. The van der Waals surface area contributed by atoms with Crippen LogP contribution in [0.15, 0.2) is 28.6 Å².